The van der Waals surface area contributed by atoms with E-state index >= 15 is 0 Å². The first-order valence-corrected chi connectivity index (χ1v) is 6.58. The van der Waals surface area contributed by atoms with Crippen molar-refractivity contribution in [1.82, 2.24) is 4.90 Å². The van der Waals surface area contributed by atoms with E-state index in [1.165, 1.54) is 0 Å². The summed E-state index contributed by atoms with van der Waals surface area (Å²) in [5.41, 5.74) is 6.97. The maximum Gasteiger partial charge on any atom is 0.231 e. The zero-order valence-electron chi connectivity index (χ0n) is 12.2. The van der Waals surface area contributed by atoms with Crippen molar-refractivity contribution in [2.75, 3.05) is 47.8 Å². The molecule has 2 N–H and O–H groups in total. The van der Waals surface area contributed by atoms with Gasteiger partial charge in [0.2, 0.25) is 12.5 Å². The summed E-state index contributed by atoms with van der Waals surface area (Å²) in [7, 11) is 5.33. The van der Waals surface area contributed by atoms with Crippen molar-refractivity contribution >= 4 is 0 Å². The fourth-order valence-corrected chi connectivity index (χ4v) is 2.30. The van der Waals surface area contributed by atoms with Crippen LogP contribution in [-0.4, -0.2) is 52.7 Å². The fraction of sp³-hybridized carbons (Fsp3) is 0.571. The van der Waals surface area contributed by atoms with E-state index in [9.17, 15) is 0 Å². The Morgan fingerprint density at radius 3 is 2.80 bits per heavy atom. The highest BCUT2D eigenvalue weighted by Gasteiger charge is 2.24. The van der Waals surface area contributed by atoms with Gasteiger partial charge < -0.3 is 24.7 Å². The molecule has 0 aliphatic carbocycles. The van der Waals surface area contributed by atoms with Gasteiger partial charge in [0.25, 0.3) is 0 Å². The third-order valence-electron chi connectivity index (χ3n) is 3.47. The highest BCUT2D eigenvalue weighted by Crippen LogP contribution is 2.43. The summed E-state index contributed by atoms with van der Waals surface area (Å²) in [4.78, 5) is 2.15. The number of methoxy groups -OCH3 is 2. The number of hydrogen-bond acceptors (Lipinski definition) is 6. The van der Waals surface area contributed by atoms with Crippen LogP contribution < -0.4 is 19.9 Å². The lowest BCUT2D eigenvalue weighted by atomic mass is 10.0. The molecule has 20 heavy (non-hydrogen) atoms. The number of fused-ring (bicyclic) bond motifs is 1. The second-order valence-electron chi connectivity index (χ2n) is 4.68. The predicted octanol–water partition coefficient (Wildman–Crippen LogP) is 1.00. The summed E-state index contributed by atoms with van der Waals surface area (Å²) >= 11 is 0. The molecule has 0 radical (unpaired) electrons. The van der Waals surface area contributed by atoms with E-state index in [0.717, 1.165) is 12.1 Å². The second kappa shape index (κ2) is 6.78. The molecule has 0 saturated heterocycles. The van der Waals surface area contributed by atoms with Crippen molar-refractivity contribution < 1.29 is 18.9 Å². The molecule has 2 rings (SSSR count). The molecule has 0 aromatic heterocycles. The number of nitrogens with two attached hydrogens (primary N) is 1. The van der Waals surface area contributed by atoms with Crippen molar-refractivity contribution in [3.05, 3.63) is 17.7 Å². The lowest BCUT2D eigenvalue weighted by molar-refractivity contribution is 0.140. The largest absolute Gasteiger partial charge is 0.493 e. The summed E-state index contributed by atoms with van der Waals surface area (Å²) < 4.78 is 21.3. The smallest absolute Gasteiger partial charge is 0.231 e. The molecule has 1 aromatic rings. The Balaban J connectivity index is 2.25. The number of hydrogen-bond donors (Lipinski definition) is 1. The Morgan fingerprint density at radius 2 is 2.15 bits per heavy atom. The topological polar surface area (TPSA) is 66.2 Å². The number of ether oxygens (including phenoxy) is 4. The summed E-state index contributed by atoms with van der Waals surface area (Å²) in [6, 6.07) is 3.99. The average Bonchev–Trinajstić information content (AvgIpc) is 2.93. The SMILES string of the molecule is COCCN(C)C(CN)c1cc(OC)c2c(c1)OCO2. The summed E-state index contributed by atoms with van der Waals surface area (Å²) in [6.45, 7) is 2.19. The molecule has 6 nitrogen and oxygen atoms in total. The van der Waals surface area contributed by atoms with Crippen LogP contribution in [0, 0.1) is 0 Å². The van der Waals surface area contributed by atoms with E-state index in [0.29, 0.717) is 30.4 Å². The number of nitrogens with zero attached hydrogens (tertiary/aromatic N) is 1. The number of benzene rings is 1. The number of likely N-dealkylation sites (N-methyl/N-ethyl adjacent to an activating group) is 1. The van der Waals surface area contributed by atoms with Crippen LogP contribution in [0.4, 0.5) is 0 Å². The standard InChI is InChI=1S/C14H22N2O4/c1-16(4-5-17-2)11(8-15)10-6-12(18-3)14-13(7-10)19-9-20-14/h6-7,11H,4-5,8-9,15H2,1-3H3. The van der Waals surface area contributed by atoms with Gasteiger partial charge in [-0.05, 0) is 24.7 Å². The van der Waals surface area contributed by atoms with Gasteiger partial charge >= 0.3 is 0 Å². The molecule has 1 aromatic carbocycles. The molecule has 1 atom stereocenters. The maximum atomic E-state index is 5.92. The van der Waals surface area contributed by atoms with E-state index in [2.05, 4.69) is 4.90 Å². The normalized spacial score (nSPS) is 14.7. The first-order chi connectivity index (χ1) is 9.71. The molecule has 1 unspecified atom stereocenters. The van der Waals surface area contributed by atoms with Crippen LogP contribution in [0.5, 0.6) is 17.2 Å². The molecule has 1 heterocycles. The first-order valence-electron chi connectivity index (χ1n) is 6.58. The van der Waals surface area contributed by atoms with E-state index in [1.807, 2.05) is 19.2 Å². The minimum Gasteiger partial charge on any atom is -0.493 e. The molecule has 6 heteroatoms. The molecule has 1 aliphatic rings. The maximum absolute atomic E-state index is 5.92. The molecule has 0 bridgehead atoms. The lowest BCUT2D eigenvalue weighted by Gasteiger charge is -2.27. The molecule has 1 aliphatic heterocycles. The average molecular weight is 282 g/mol. The van der Waals surface area contributed by atoms with Crippen LogP contribution in [0.3, 0.4) is 0 Å². The molecular weight excluding hydrogens is 260 g/mol. The molecule has 112 valence electrons. The highest BCUT2D eigenvalue weighted by molar-refractivity contribution is 5.55. The highest BCUT2D eigenvalue weighted by atomic mass is 16.7. The van der Waals surface area contributed by atoms with E-state index in [1.54, 1.807) is 14.2 Å². The Kier molecular flexibility index (Phi) is 5.05. The zero-order valence-corrected chi connectivity index (χ0v) is 12.2. The van der Waals surface area contributed by atoms with Gasteiger partial charge in [-0.3, -0.25) is 4.90 Å². The van der Waals surface area contributed by atoms with Gasteiger partial charge in [0, 0.05) is 26.2 Å². The van der Waals surface area contributed by atoms with Gasteiger partial charge in [-0.2, -0.15) is 0 Å². The third kappa shape index (κ3) is 2.98. The van der Waals surface area contributed by atoms with Crippen LogP contribution >= 0.6 is 0 Å². The van der Waals surface area contributed by atoms with Crippen LogP contribution in [0.1, 0.15) is 11.6 Å². The zero-order chi connectivity index (χ0) is 14.5. The van der Waals surface area contributed by atoms with Crippen molar-refractivity contribution in [3.8, 4) is 17.2 Å². The van der Waals surface area contributed by atoms with Crippen LogP contribution in [-0.2, 0) is 4.74 Å². The third-order valence-corrected chi connectivity index (χ3v) is 3.47. The fourth-order valence-electron chi connectivity index (χ4n) is 2.30. The second-order valence-corrected chi connectivity index (χ2v) is 4.68. The molecule has 0 fully saturated rings. The Labute approximate surface area is 119 Å². The Hall–Kier alpha value is -1.50. The van der Waals surface area contributed by atoms with Crippen LogP contribution in [0.25, 0.3) is 0 Å². The quantitative estimate of drug-likeness (QED) is 0.805. The van der Waals surface area contributed by atoms with Gasteiger partial charge in [0.15, 0.2) is 11.5 Å². The van der Waals surface area contributed by atoms with Gasteiger partial charge in [-0.1, -0.05) is 0 Å². The lowest BCUT2D eigenvalue weighted by Crippen LogP contribution is -2.32. The molecule has 0 saturated carbocycles. The minimum atomic E-state index is 0.0774. The summed E-state index contributed by atoms with van der Waals surface area (Å²) in [5, 5.41) is 0. The van der Waals surface area contributed by atoms with Crippen molar-refractivity contribution in [1.29, 1.82) is 0 Å². The Morgan fingerprint density at radius 1 is 1.35 bits per heavy atom. The Bertz CT molecular complexity index is 453. The monoisotopic (exact) mass is 282 g/mol. The van der Waals surface area contributed by atoms with Gasteiger partial charge in [0.05, 0.1) is 13.7 Å². The molecular formula is C14H22N2O4. The van der Waals surface area contributed by atoms with E-state index in [-0.39, 0.29) is 12.8 Å². The van der Waals surface area contributed by atoms with Crippen molar-refractivity contribution in [3.63, 3.8) is 0 Å². The van der Waals surface area contributed by atoms with Crippen LogP contribution in [0.2, 0.25) is 0 Å². The van der Waals surface area contributed by atoms with Crippen molar-refractivity contribution in [2.24, 2.45) is 5.73 Å². The van der Waals surface area contributed by atoms with E-state index in [4.69, 9.17) is 24.7 Å². The van der Waals surface area contributed by atoms with Gasteiger partial charge in [0.1, 0.15) is 0 Å². The molecule has 0 amide bonds. The number of rotatable bonds is 7. The minimum absolute atomic E-state index is 0.0774. The summed E-state index contributed by atoms with van der Waals surface area (Å²) in [5.74, 6) is 2.04. The molecule has 0 spiro atoms. The first kappa shape index (κ1) is 14.9. The van der Waals surface area contributed by atoms with Crippen molar-refractivity contribution in [2.45, 2.75) is 6.04 Å². The van der Waals surface area contributed by atoms with Gasteiger partial charge in [-0.25, -0.2) is 0 Å². The predicted molar refractivity (Wildman–Crippen MR) is 75.4 cm³/mol. The summed E-state index contributed by atoms with van der Waals surface area (Å²) in [6.07, 6.45) is 0. The van der Waals surface area contributed by atoms with Crippen LogP contribution in [0.15, 0.2) is 12.1 Å². The van der Waals surface area contributed by atoms with E-state index < -0.39 is 0 Å². The van der Waals surface area contributed by atoms with Gasteiger partial charge in [-0.15, -0.1) is 0 Å².